The Morgan fingerprint density at radius 3 is 2.44 bits per heavy atom. The molecule has 1 N–H and O–H groups in total. The van der Waals surface area contributed by atoms with Crippen molar-refractivity contribution in [3.05, 3.63) is 41.2 Å². The van der Waals surface area contributed by atoms with Crippen molar-refractivity contribution in [1.29, 1.82) is 0 Å². The van der Waals surface area contributed by atoms with Crippen LogP contribution in [0.2, 0.25) is 0 Å². The lowest BCUT2D eigenvalue weighted by Gasteiger charge is -2.07. The summed E-state index contributed by atoms with van der Waals surface area (Å²) in [5.41, 5.74) is 6.24. The quantitative estimate of drug-likeness (QED) is 0.894. The Hall–Kier alpha value is -1.61. The molecule has 3 heteroatoms. The number of benzene rings is 1. The number of nitrogens with zero attached hydrogens (tertiary/aromatic N) is 2. The van der Waals surface area contributed by atoms with Gasteiger partial charge >= 0.3 is 0 Å². The second-order valence-corrected chi connectivity index (χ2v) is 4.75. The first-order chi connectivity index (χ1) is 8.63. The van der Waals surface area contributed by atoms with E-state index in [1.165, 1.54) is 22.4 Å². The molecule has 0 saturated heterocycles. The predicted molar refractivity (Wildman–Crippen MR) is 75.7 cm³/mol. The van der Waals surface area contributed by atoms with Crippen molar-refractivity contribution in [1.82, 2.24) is 15.1 Å². The molecule has 1 heterocycles. The van der Waals surface area contributed by atoms with Crippen LogP contribution >= 0.6 is 0 Å². The molecular formula is C15H21N3. The third-order valence-corrected chi connectivity index (χ3v) is 3.29. The first-order valence-corrected chi connectivity index (χ1v) is 6.37. The summed E-state index contributed by atoms with van der Waals surface area (Å²) < 4.78 is 2.00. The summed E-state index contributed by atoms with van der Waals surface area (Å²) >= 11 is 0. The fourth-order valence-corrected chi connectivity index (χ4v) is 2.33. The van der Waals surface area contributed by atoms with E-state index in [9.17, 15) is 0 Å². The van der Waals surface area contributed by atoms with Crippen LogP contribution in [0.25, 0.3) is 11.1 Å². The van der Waals surface area contributed by atoms with Gasteiger partial charge < -0.3 is 5.32 Å². The highest BCUT2D eigenvalue weighted by molar-refractivity contribution is 5.69. The van der Waals surface area contributed by atoms with Gasteiger partial charge in [-0.2, -0.15) is 5.10 Å². The van der Waals surface area contributed by atoms with Gasteiger partial charge in [0.25, 0.3) is 0 Å². The lowest BCUT2D eigenvalue weighted by atomic mass is 10.0. The van der Waals surface area contributed by atoms with E-state index >= 15 is 0 Å². The number of rotatable bonds is 4. The van der Waals surface area contributed by atoms with Gasteiger partial charge in [0.1, 0.15) is 0 Å². The summed E-state index contributed by atoms with van der Waals surface area (Å²) in [5, 5.41) is 7.75. The SMILES string of the molecule is CNCCc1c(-c2ccc(C)cc2)c(C)nn1C. The lowest BCUT2D eigenvalue weighted by molar-refractivity contribution is 0.678. The Morgan fingerprint density at radius 2 is 1.83 bits per heavy atom. The summed E-state index contributed by atoms with van der Waals surface area (Å²) in [6, 6.07) is 8.68. The molecule has 3 nitrogen and oxygen atoms in total. The maximum Gasteiger partial charge on any atom is 0.0674 e. The van der Waals surface area contributed by atoms with Gasteiger partial charge in [-0.15, -0.1) is 0 Å². The van der Waals surface area contributed by atoms with Gasteiger partial charge in [0, 0.05) is 31.3 Å². The fraction of sp³-hybridized carbons (Fsp3) is 0.400. The molecule has 0 unspecified atom stereocenters. The Labute approximate surface area is 109 Å². The van der Waals surface area contributed by atoms with Gasteiger partial charge in [-0.25, -0.2) is 0 Å². The lowest BCUT2D eigenvalue weighted by Crippen LogP contribution is -2.13. The van der Waals surface area contributed by atoms with Crippen LogP contribution < -0.4 is 5.32 Å². The zero-order valence-electron chi connectivity index (χ0n) is 11.6. The van der Waals surface area contributed by atoms with Crippen LogP contribution in [0, 0.1) is 13.8 Å². The Bertz CT molecular complexity index is 523. The minimum absolute atomic E-state index is 0.970. The van der Waals surface area contributed by atoms with E-state index in [1.807, 2.05) is 18.8 Å². The van der Waals surface area contributed by atoms with Crippen molar-refractivity contribution >= 4 is 0 Å². The number of nitrogens with one attached hydrogen (secondary N) is 1. The van der Waals surface area contributed by atoms with E-state index < -0.39 is 0 Å². The van der Waals surface area contributed by atoms with Crippen LogP contribution in [0.1, 0.15) is 17.0 Å². The fourth-order valence-electron chi connectivity index (χ4n) is 2.33. The molecule has 1 aromatic heterocycles. The van der Waals surface area contributed by atoms with E-state index in [2.05, 4.69) is 48.5 Å². The summed E-state index contributed by atoms with van der Waals surface area (Å²) in [7, 11) is 4.00. The Balaban J connectivity index is 2.45. The van der Waals surface area contributed by atoms with E-state index in [-0.39, 0.29) is 0 Å². The third-order valence-electron chi connectivity index (χ3n) is 3.29. The number of hydrogen-bond donors (Lipinski definition) is 1. The molecule has 0 radical (unpaired) electrons. The van der Waals surface area contributed by atoms with Gasteiger partial charge in [0.2, 0.25) is 0 Å². The summed E-state index contributed by atoms with van der Waals surface area (Å²) in [5.74, 6) is 0. The van der Waals surface area contributed by atoms with Crippen molar-refractivity contribution in [3.63, 3.8) is 0 Å². The molecule has 0 saturated carbocycles. The third kappa shape index (κ3) is 2.46. The second kappa shape index (κ2) is 5.36. The van der Waals surface area contributed by atoms with Crippen molar-refractivity contribution in [3.8, 4) is 11.1 Å². The van der Waals surface area contributed by atoms with Crippen molar-refractivity contribution in [2.24, 2.45) is 7.05 Å². The minimum Gasteiger partial charge on any atom is -0.319 e. The normalized spacial score (nSPS) is 10.9. The first-order valence-electron chi connectivity index (χ1n) is 6.37. The second-order valence-electron chi connectivity index (χ2n) is 4.75. The molecule has 2 aromatic rings. The van der Waals surface area contributed by atoms with Crippen LogP contribution in [-0.4, -0.2) is 23.4 Å². The highest BCUT2D eigenvalue weighted by atomic mass is 15.3. The van der Waals surface area contributed by atoms with E-state index in [0.717, 1.165) is 18.7 Å². The first kappa shape index (κ1) is 12.8. The molecule has 0 aliphatic heterocycles. The molecule has 0 aliphatic rings. The molecule has 96 valence electrons. The van der Waals surface area contributed by atoms with E-state index in [0.29, 0.717) is 0 Å². The topological polar surface area (TPSA) is 29.9 Å². The Morgan fingerprint density at radius 1 is 1.17 bits per heavy atom. The maximum absolute atomic E-state index is 4.55. The van der Waals surface area contributed by atoms with Crippen molar-refractivity contribution in [2.75, 3.05) is 13.6 Å². The summed E-state index contributed by atoms with van der Waals surface area (Å²) in [6.45, 7) is 5.16. The van der Waals surface area contributed by atoms with Crippen LogP contribution in [0.15, 0.2) is 24.3 Å². The maximum atomic E-state index is 4.55. The molecule has 1 aromatic carbocycles. The molecule has 0 spiro atoms. The van der Waals surface area contributed by atoms with Crippen LogP contribution in [0.4, 0.5) is 0 Å². The zero-order chi connectivity index (χ0) is 13.1. The molecule has 0 bridgehead atoms. The smallest absolute Gasteiger partial charge is 0.0674 e. The van der Waals surface area contributed by atoms with Crippen LogP contribution in [0.5, 0.6) is 0 Å². The average Bonchev–Trinajstić information content (AvgIpc) is 2.62. The van der Waals surface area contributed by atoms with E-state index in [4.69, 9.17) is 0 Å². The molecule has 0 amide bonds. The zero-order valence-corrected chi connectivity index (χ0v) is 11.6. The molecule has 18 heavy (non-hydrogen) atoms. The molecular weight excluding hydrogens is 222 g/mol. The molecule has 2 rings (SSSR count). The van der Waals surface area contributed by atoms with E-state index in [1.54, 1.807) is 0 Å². The van der Waals surface area contributed by atoms with Gasteiger partial charge in [-0.05, 0) is 26.5 Å². The monoisotopic (exact) mass is 243 g/mol. The average molecular weight is 243 g/mol. The van der Waals surface area contributed by atoms with Crippen molar-refractivity contribution in [2.45, 2.75) is 20.3 Å². The highest BCUT2D eigenvalue weighted by Crippen LogP contribution is 2.27. The number of aryl methyl sites for hydroxylation is 3. The van der Waals surface area contributed by atoms with Crippen LogP contribution in [-0.2, 0) is 13.5 Å². The van der Waals surface area contributed by atoms with Gasteiger partial charge in [0.15, 0.2) is 0 Å². The largest absolute Gasteiger partial charge is 0.319 e. The Kier molecular flexibility index (Phi) is 3.82. The van der Waals surface area contributed by atoms with Gasteiger partial charge in [-0.1, -0.05) is 29.8 Å². The summed E-state index contributed by atoms with van der Waals surface area (Å²) in [4.78, 5) is 0. The molecule has 0 aliphatic carbocycles. The predicted octanol–water partition coefficient (Wildman–Crippen LogP) is 2.47. The number of hydrogen-bond acceptors (Lipinski definition) is 2. The number of aromatic nitrogens is 2. The molecule has 0 fully saturated rings. The number of likely N-dealkylation sites (N-methyl/N-ethyl adjacent to an activating group) is 1. The molecule has 0 atom stereocenters. The minimum atomic E-state index is 0.970. The van der Waals surface area contributed by atoms with Gasteiger partial charge in [-0.3, -0.25) is 4.68 Å². The standard InChI is InChI=1S/C15H21N3/c1-11-5-7-13(8-6-11)15-12(2)17-18(4)14(15)9-10-16-3/h5-8,16H,9-10H2,1-4H3. The van der Waals surface area contributed by atoms with Gasteiger partial charge in [0.05, 0.1) is 5.69 Å². The van der Waals surface area contributed by atoms with Crippen molar-refractivity contribution < 1.29 is 0 Å². The highest BCUT2D eigenvalue weighted by Gasteiger charge is 2.14. The summed E-state index contributed by atoms with van der Waals surface area (Å²) in [6.07, 6.45) is 0.997. The van der Waals surface area contributed by atoms with Crippen LogP contribution in [0.3, 0.4) is 0 Å².